The van der Waals surface area contributed by atoms with Gasteiger partial charge in [0, 0.05) is 16.0 Å². The third-order valence-corrected chi connectivity index (χ3v) is 4.03. The molecule has 0 saturated carbocycles. The van der Waals surface area contributed by atoms with E-state index in [1.54, 1.807) is 6.07 Å². The van der Waals surface area contributed by atoms with Gasteiger partial charge in [-0.25, -0.2) is 4.79 Å². The van der Waals surface area contributed by atoms with Crippen molar-refractivity contribution in [3.8, 4) is 11.1 Å². The molecule has 4 heteroatoms. The number of esters is 1. The van der Waals surface area contributed by atoms with E-state index in [0.717, 1.165) is 22.0 Å². The van der Waals surface area contributed by atoms with Crippen LogP contribution in [-0.2, 0) is 4.74 Å². The van der Waals surface area contributed by atoms with Gasteiger partial charge in [-0.05, 0) is 51.5 Å². The molecule has 128 valence electrons. The summed E-state index contributed by atoms with van der Waals surface area (Å²) in [5, 5.41) is 1.44. The number of hydrogen-bond donors (Lipinski definition) is 0. The first kappa shape index (κ1) is 17.4. The monoisotopic (exact) mass is 353 g/mol. The van der Waals surface area contributed by atoms with Gasteiger partial charge in [0.1, 0.15) is 5.60 Å². The summed E-state index contributed by atoms with van der Waals surface area (Å²) in [6.07, 6.45) is 0. The zero-order valence-electron chi connectivity index (χ0n) is 14.8. The Morgan fingerprint density at radius 2 is 1.76 bits per heavy atom. The standard InChI is InChI=1S/C21H20ClNO2/c1-13-18(20(24)25-21(2,3)4)19(14-8-6-5-7-9-14)16-12-15(22)10-11-17(16)23-13/h5-12H,1-4H3. The van der Waals surface area contributed by atoms with Gasteiger partial charge < -0.3 is 4.74 Å². The fourth-order valence-corrected chi connectivity index (χ4v) is 3.01. The van der Waals surface area contributed by atoms with Crippen LogP contribution >= 0.6 is 11.6 Å². The van der Waals surface area contributed by atoms with Crippen molar-refractivity contribution in [2.24, 2.45) is 0 Å². The van der Waals surface area contributed by atoms with Crippen LogP contribution in [0.5, 0.6) is 0 Å². The van der Waals surface area contributed by atoms with Crippen molar-refractivity contribution in [2.45, 2.75) is 33.3 Å². The first-order chi connectivity index (χ1) is 11.8. The van der Waals surface area contributed by atoms with Crippen molar-refractivity contribution in [3.05, 3.63) is 64.8 Å². The Hall–Kier alpha value is -2.39. The summed E-state index contributed by atoms with van der Waals surface area (Å²) < 4.78 is 5.63. The molecule has 0 amide bonds. The first-order valence-electron chi connectivity index (χ1n) is 8.15. The Morgan fingerprint density at radius 1 is 1.08 bits per heavy atom. The van der Waals surface area contributed by atoms with E-state index in [1.807, 2.05) is 70.2 Å². The number of carbonyl (C=O) groups excluding carboxylic acids is 1. The average molecular weight is 354 g/mol. The lowest BCUT2D eigenvalue weighted by Gasteiger charge is -2.22. The molecule has 0 unspecified atom stereocenters. The Bertz CT molecular complexity index is 944. The average Bonchev–Trinajstić information content (AvgIpc) is 2.53. The van der Waals surface area contributed by atoms with Crippen LogP contribution in [0, 0.1) is 6.92 Å². The predicted octanol–water partition coefficient (Wildman–Crippen LogP) is 5.82. The van der Waals surface area contributed by atoms with Gasteiger partial charge in [0.2, 0.25) is 0 Å². The minimum Gasteiger partial charge on any atom is -0.456 e. The lowest BCUT2D eigenvalue weighted by Crippen LogP contribution is -2.25. The highest BCUT2D eigenvalue weighted by atomic mass is 35.5. The molecule has 3 aromatic rings. The van der Waals surface area contributed by atoms with E-state index in [1.165, 1.54) is 0 Å². The van der Waals surface area contributed by atoms with Gasteiger partial charge >= 0.3 is 5.97 Å². The number of fused-ring (bicyclic) bond motifs is 1. The molecule has 2 aromatic carbocycles. The molecule has 0 atom stereocenters. The maximum absolute atomic E-state index is 12.9. The second-order valence-electron chi connectivity index (χ2n) is 6.98. The summed E-state index contributed by atoms with van der Waals surface area (Å²) in [6.45, 7) is 7.40. The number of carbonyl (C=O) groups is 1. The molecule has 0 N–H and O–H groups in total. The molecule has 0 aliphatic heterocycles. The summed E-state index contributed by atoms with van der Waals surface area (Å²) in [7, 11) is 0. The van der Waals surface area contributed by atoms with Crippen molar-refractivity contribution in [1.29, 1.82) is 0 Å². The van der Waals surface area contributed by atoms with Gasteiger partial charge in [-0.15, -0.1) is 0 Å². The Labute approximate surface area is 152 Å². The van der Waals surface area contributed by atoms with Crippen molar-refractivity contribution in [3.63, 3.8) is 0 Å². The molecular weight excluding hydrogens is 334 g/mol. The van der Waals surface area contributed by atoms with Gasteiger partial charge in [0.05, 0.1) is 16.8 Å². The molecule has 0 aliphatic rings. The Kier molecular flexibility index (Phi) is 4.53. The lowest BCUT2D eigenvalue weighted by atomic mass is 9.94. The number of hydrogen-bond acceptors (Lipinski definition) is 3. The lowest BCUT2D eigenvalue weighted by molar-refractivity contribution is 0.00694. The fraction of sp³-hybridized carbons (Fsp3) is 0.238. The minimum atomic E-state index is -0.583. The van der Waals surface area contributed by atoms with E-state index in [-0.39, 0.29) is 5.97 Å². The first-order valence-corrected chi connectivity index (χ1v) is 8.53. The SMILES string of the molecule is Cc1nc2ccc(Cl)cc2c(-c2ccccc2)c1C(=O)OC(C)(C)C. The summed E-state index contributed by atoms with van der Waals surface area (Å²) in [4.78, 5) is 17.5. The normalized spacial score (nSPS) is 11.6. The quantitative estimate of drug-likeness (QED) is 0.545. The smallest absolute Gasteiger partial charge is 0.341 e. The summed E-state index contributed by atoms with van der Waals surface area (Å²) in [6, 6.07) is 15.3. The molecule has 3 nitrogen and oxygen atoms in total. The highest BCUT2D eigenvalue weighted by Crippen LogP contribution is 2.35. The van der Waals surface area contributed by atoms with Crippen molar-refractivity contribution < 1.29 is 9.53 Å². The highest BCUT2D eigenvalue weighted by Gasteiger charge is 2.25. The summed E-state index contributed by atoms with van der Waals surface area (Å²) >= 11 is 6.21. The maximum atomic E-state index is 12.9. The number of aromatic nitrogens is 1. The van der Waals surface area contributed by atoms with Gasteiger partial charge in [-0.2, -0.15) is 0 Å². The molecule has 0 spiro atoms. The van der Waals surface area contributed by atoms with Crippen LogP contribution in [0.4, 0.5) is 0 Å². The third-order valence-electron chi connectivity index (χ3n) is 3.79. The number of aryl methyl sites for hydroxylation is 1. The molecule has 0 saturated heterocycles. The second-order valence-corrected chi connectivity index (χ2v) is 7.41. The van der Waals surface area contributed by atoms with Crippen LogP contribution < -0.4 is 0 Å². The van der Waals surface area contributed by atoms with Gasteiger partial charge in [0.15, 0.2) is 0 Å². The predicted molar refractivity (Wildman–Crippen MR) is 102 cm³/mol. The van der Waals surface area contributed by atoms with E-state index in [0.29, 0.717) is 16.3 Å². The van der Waals surface area contributed by atoms with Crippen LogP contribution in [0.15, 0.2) is 48.5 Å². The van der Waals surface area contributed by atoms with Crippen LogP contribution in [0.25, 0.3) is 22.0 Å². The molecule has 0 radical (unpaired) electrons. The number of rotatable bonds is 2. The number of halogens is 1. The molecule has 3 rings (SSSR count). The van der Waals surface area contributed by atoms with Crippen LogP contribution in [0.3, 0.4) is 0 Å². The van der Waals surface area contributed by atoms with Gasteiger partial charge in [-0.1, -0.05) is 41.9 Å². The Morgan fingerprint density at radius 3 is 2.40 bits per heavy atom. The number of pyridine rings is 1. The molecule has 0 aliphatic carbocycles. The van der Waals surface area contributed by atoms with Crippen molar-refractivity contribution >= 4 is 28.5 Å². The van der Waals surface area contributed by atoms with Crippen LogP contribution in [0.1, 0.15) is 36.8 Å². The van der Waals surface area contributed by atoms with Crippen molar-refractivity contribution in [1.82, 2.24) is 4.98 Å². The largest absolute Gasteiger partial charge is 0.456 e. The molecular formula is C21H20ClNO2. The van der Waals surface area contributed by atoms with E-state index < -0.39 is 5.60 Å². The molecule has 0 bridgehead atoms. The second kappa shape index (κ2) is 6.49. The molecule has 1 heterocycles. The van der Waals surface area contributed by atoms with E-state index >= 15 is 0 Å². The Balaban J connectivity index is 2.35. The van der Waals surface area contributed by atoms with Gasteiger partial charge in [-0.3, -0.25) is 4.98 Å². The summed E-state index contributed by atoms with van der Waals surface area (Å²) in [5.41, 5.74) is 3.08. The van der Waals surface area contributed by atoms with E-state index in [9.17, 15) is 4.79 Å². The maximum Gasteiger partial charge on any atom is 0.341 e. The number of ether oxygens (including phenoxy) is 1. The zero-order chi connectivity index (χ0) is 18.2. The van der Waals surface area contributed by atoms with Gasteiger partial charge in [0.25, 0.3) is 0 Å². The third kappa shape index (κ3) is 3.67. The van der Waals surface area contributed by atoms with Crippen LogP contribution in [0.2, 0.25) is 5.02 Å². The number of benzene rings is 2. The zero-order valence-corrected chi connectivity index (χ0v) is 15.5. The van der Waals surface area contributed by atoms with Crippen molar-refractivity contribution in [2.75, 3.05) is 0 Å². The molecule has 0 fully saturated rings. The van der Waals surface area contributed by atoms with Crippen LogP contribution in [-0.4, -0.2) is 16.6 Å². The highest BCUT2D eigenvalue weighted by molar-refractivity contribution is 6.31. The molecule has 25 heavy (non-hydrogen) atoms. The number of nitrogens with zero attached hydrogens (tertiary/aromatic N) is 1. The van der Waals surface area contributed by atoms with E-state index in [4.69, 9.17) is 16.3 Å². The minimum absolute atomic E-state index is 0.377. The summed E-state index contributed by atoms with van der Waals surface area (Å²) in [5.74, 6) is -0.377. The molecule has 1 aromatic heterocycles. The fourth-order valence-electron chi connectivity index (χ4n) is 2.84. The van der Waals surface area contributed by atoms with E-state index in [2.05, 4.69) is 4.98 Å². The topological polar surface area (TPSA) is 39.2 Å².